The highest BCUT2D eigenvalue weighted by molar-refractivity contribution is 7.18. The van der Waals surface area contributed by atoms with Crippen molar-refractivity contribution in [1.29, 1.82) is 0 Å². The highest BCUT2D eigenvalue weighted by Crippen LogP contribution is 2.34. The molecule has 1 atom stereocenters. The minimum Gasteiger partial charge on any atom is -0.311 e. The van der Waals surface area contributed by atoms with Crippen molar-refractivity contribution in [1.82, 2.24) is 19.9 Å². The lowest BCUT2D eigenvalue weighted by molar-refractivity contribution is 0.335. The van der Waals surface area contributed by atoms with E-state index in [0.717, 1.165) is 35.2 Å². The first-order chi connectivity index (χ1) is 14.8. The van der Waals surface area contributed by atoms with Gasteiger partial charge < -0.3 is 5.32 Å². The molecule has 1 saturated carbocycles. The van der Waals surface area contributed by atoms with Gasteiger partial charge in [0, 0.05) is 23.2 Å². The number of nitrogens with one attached hydrogen (secondary N) is 1. The van der Waals surface area contributed by atoms with Gasteiger partial charge in [-0.15, -0.1) is 11.3 Å². The minimum absolute atomic E-state index is 0.0783. The van der Waals surface area contributed by atoms with Crippen LogP contribution in [0.4, 0.5) is 0 Å². The molecule has 3 aromatic heterocycles. The summed E-state index contributed by atoms with van der Waals surface area (Å²) in [6, 6.07) is 7.00. The summed E-state index contributed by atoms with van der Waals surface area (Å²) in [5, 5.41) is 4.81. The molecule has 0 bridgehead atoms. The number of aromatic nitrogens is 3. The van der Waals surface area contributed by atoms with Gasteiger partial charge in [-0.2, -0.15) is 0 Å². The van der Waals surface area contributed by atoms with Crippen LogP contribution < -0.4 is 10.9 Å². The summed E-state index contributed by atoms with van der Waals surface area (Å²) in [6.07, 6.45) is 16.1. The van der Waals surface area contributed by atoms with E-state index >= 15 is 0 Å². The van der Waals surface area contributed by atoms with E-state index < -0.39 is 0 Å². The molecule has 0 aromatic carbocycles. The van der Waals surface area contributed by atoms with Gasteiger partial charge >= 0.3 is 0 Å². The second-order valence-corrected chi connectivity index (χ2v) is 9.91. The van der Waals surface area contributed by atoms with E-state index in [4.69, 9.17) is 0 Å². The maximum absolute atomic E-state index is 13.2. The fourth-order valence-corrected chi connectivity index (χ4v) is 6.34. The number of hydrogen-bond acceptors (Lipinski definition) is 5. The van der Waals surface area contributed by atoms with Crippen molar-refractivity contribution in [2.75, 3.05) is 0 Å². The third kappa shape index (κ3) is 4.21. The van der Waals surface area contributed by atoms with Crippen LogP contribution in [0.25, 0.3) is 10.2 Å². The van der Waals surface area contributed by atoms with Crippen LogP contribution >= 0.6 is 11.3 Å². The van der Waals surface area contributed by atoms with Crippen molar-refractivity contribution in [3.05, 3.63) is 57.2 Å². The highest BCUT2D eigenvalue weighted by Gasteiger charge is 2.26. The van der Waals surface area contributed by atoms with Crippen LogP contribution in [0.1, 0.15) is 67.5 Å². The van der Waals surface area contributed by atoms with Crippen LogP contribution in [0.2, 0.25) is 0 Å². The molecule has 0 aliphatic heterocycles. The van der Waals surface area contributed by atoms with E-state index in [1.165, 1.54) is 55.4 Å². The highest BCUT2D eigenvalue weighted by atomic mass is 32.1. The molecule has 2 aliphatic rings. The van der Waals surface area contributed by atoms with E-state index in [1.54, 1.807) is 28.4 Å². The van der Waals surface area contributed by atoms with Crippen LogP contribution in [-0.2, 0) is 19.4 Å². The first-order valence-corrected chi connectivity index (χ1v) is 12.3. The lowest BCUT2D eigenvalue weighted by Gasteiger charge is -2.29. The molecule has 0 unspecified atom stereocenters. The lowest BCUT2D eigenvalue weighted by atomic mass is 9.90. The third-order valence-corrected chi connectivity index (χ3v) is 7.83. The maximum Gasteiger partial charge on any atom is 0.262 e. The summed E-state index contributed by atoms with van der Waals surface area (Å²) in [5.74, 6) is 0. The Bertz CT molecular complexity index is 1050. The van der Waals surface area contributed by atoms with E-state index in [1.807, 2.05) is 18.2 Å². The first kappa shape index (κ1) is 19.9. The Labute approximate surface area is 181 Å². The van der Waals surface area contributed by atoms with E-state index in [9.17, 15) is 4.79 Å². The average Bonchev–Trinajstić information content (AvgIpc) is 3.11. The first-order valence-electron chi connectivity index (χ1n) is 11.4. The van der Waals surface area contributed by atoms with Gasteiger partial charge in [-0.3, -0.25) is 14.3 Å². The monoisotopic (exact) mass is 422 g/mol. The van der Waals surface area contributed by atoms with Gasteiger partial charge in [-0.1, -0.05) is 38.2 Å². The lowest BCUT2D eigenvalue weighted by Crippen LogP contribution is -2.41. The fraction of sp³-hybridized carbons (Fsp3) is 0.542. The SMILES string of the molecule is O=c1c2c3c(sc2ncn1Cc1ccccn1)C[C@@H](NC1CCCCCCC1)CC3. The van der Waals surface area contributed by atoms with E-state index in [0.29, 0.717) is 18.6 Å². The van der Waals surface area contributed by atoms with Crippen molar-refractivity contribution in [2.24, 2.45) is 0 Å². The summed E-state index contributed by atoms with van der Waals surface area (Å²) in [4.78, 5) is 24.5. The number of aryl methyl sites for hydroxylation is 1. The molecule has 0 radical (unpaired) electrons. The van der Waals surface area contributed by atoms with E-state index in [2.05, 4.69) is 15.3 Å². The zero-order chi connectivity index (χ0) is 20.3. The van der Waals surface area contributed by atoms with Gasteiger partial charge in [-0.05, 0) is 49.8 Å². The topological polar surface area (TPSA) is 59.8 Å². The van der Waals surface area contributed by atoms with Crippen LogP contribution in [0.3, 0.4) is 0 Å². The molecule has 0 amide bonds. The number of fused-ring (bicyclic) bond motifs is 3. The smallest absolute Gasteiger partial charge is 0.262 e. The Hall–Kier alpha value is -2.05. The third-order valence-electron chi connectivity index (χ3n) is 6.67. The van der Waals surface area contributed by atoms with Crippen molar-refractivity contribution in [2.45, 2.75) is 82.8 Å². The number of thiophene rings is 1. The summed E-state index contributed by atoms with van der Waals surface area (Å²) < 4.78 is 1.70. The maximum atomic E-state index is 13.2. The summed E-state index contributed by atoms with van der Waals surface area (Å²) in [7, 11) is 0. The Morgan fingerprint density at radius 1 is 1.03 bits per heavy atom. The molecule has 2 aliphatic carbocycles. The molecule has 158 valence electrons. The van der Waals surface area contributed by atoms with Crippen molar-refractivity contribution in [3.8, 4) is 0 Å². The summed E-state index contributed by atoms with van der Waals surface area (Å²) in [6.45, 7) is 0.471. The van der Waals surface area contributed by atoms with Crippen LogP contribution in [0.5, 0.6) is 0 Å². The van der Waals surface area contributed by atoms with Crippen molar-refractivity contribution >= 4 is 21.6 Å². The molecule has 1 N–H and O–H groups in total. The molecule has 5 rings (SSSR count). The van der Waals surface area contributed by atoms with Gasteiger partial charge in [-0.25, -0.2) is 4.98 Å². The molecule has 3 heterocycles. The van der Waals surface area contributed by atoms with Crippen LogP contribution in [-0.4, -0.2) is 26.6 Å². The summed E-state index contributed by atoms with van der Waals surface area (Å²) in [5.41, 5.74) is 2.21. The predicted molar refractivity (Wildman–Crippen MR) is 122 cm³/mol. The quantitative estimate of drug-likeness (QED) is 0.674. The molecule has 6 heteroatoms. The number of pyridine rings is 1. The van der Waals surface area contributed by atoms with Gasteiger partial charge in [0.15, 0.2) is 0 Å². The molecule has 0 saturated heterocycles. The fourth-order valence-electron chi connectivity index (χ4n) is 5.08. The number of rotatable bonds is 4. The van der Waals surface area contributed by atoms with Gasteiger partial charge in [0.2, 0.25) is 0 Å². The van der Waals surface area contributed by atoms with Crippen LogP contribution in [0.15, 0.2) is 35.5 Å². The summed E-state index contributed by atoms with van der Waals surface area (Å²) >= 11 is 1.72. The van der Waals surface area contributed by atoms with Gasteiger partial charge in [0.05, 0.1) is 24.0 Å². The molecule has 1 fully saturated rings. The molecule has 3 aromatic rings. The minimum atomic E-state index is 0.0783. The van der Waals surface area contributed by atoms with E-state index in [-0.39, 0.29) is 5.56 Å². The molecule has 0 spiro atoms. The number of nitrogens with zero attached hydrogens (tertiary/aromatic N) is 3. The molecular weight excluding hydrogens is 392 g/mol. The Morgan fingerprint density at radius 3 is 2.67 bits per heavy atom. The van der Waals surface area contributed by atoms with Crippen molar-refractivity contribution < 1.29 is 0 Å². The van der Waals surface area contributed by atoms with Crippen molar-refractivity contribution in [3.63, 3.8) is 0 Å². The van der Waals surface area contributed by atoms with Crippen LogP contribution in [0, 0.1) is 0 Å². The Morgan fingerprint density at radius 2 is 1.87 bits per heavy atom. The largest absolute Gasteiger partial charge is 0.311 e. The average molecular weight is 423 g/mol. The zero-order valence-electron chi connectivity index (χ0n) is 17.5. The second kappa shape index (κ2) is 8.98. The normalized spacial score (nSPS) is 20.6. The second-order valence-electron chi connectivity index (χ2n) is 8.83. The zero-order valence-corrected chi connectivity index (χ0v) is 18.3. The Balaban J connectivity index is 1.35. The van der Waals surface area contributed by atoms with Gasteiger partial charge in [0.25, 0.3) is 5.56 Å². The molecule has 30 heavy (non-hydrogen) atoms. The predicted octanol–water partition coefficient (Wildman–Crippen LogP) is 4.46. The molecular formula is C24H30N4OS. The molecule has 5 nitrogen and oxygen atoms in total. The van der Waals surface area contributed by atoms with Gasteiger partial charge in [0.1, 0.15) is 4.83 Å². The standard InChI is InChI=1S/C24H30N4OS/c29-24-22-20-12-11-18(27-17-8-4-2-1-3-5-9-17)14-21(20)30-23(22)26-16-28(24)15-19-10-6-7-13-25-19/h6-7,10,13,16-18,27H,1-5,8-9,11-12,14-15H2/t18-/m0/s1. The number of hydrogen-bond donors (Lipinski definition) is 1. The Kier molecular flexibility index (Phi) is 5.95.